The first-order valence-corrected chi connectivity index (χ1v) is 6.56. The molecule has 6 nitrogen and oxygen atoms in total. The summed E-state index contributed by atoms with van der Waals surface area (Å²) in [5.41, 5.74) is 0.389. The fourth-order valence-electron chi connectivity index (χ4n) is 1.67. The van der Waals surface area contributed by atoms with Crippen LogP contribution in [0, 0.1) is 0 Å². The van der Waals surface area contributed by atoms with Gasteiger partial charge in [-0.3, -0.25) is 9.10 Å². The number of fused-ring (bicyclic) bond motifs is 1. The minimum absolute atomic E-state index is 0.132. The number of anilines is 1. The molecule has 0 radical (unpaired) electrons. The highest BCUT2D eigenvalue weighted by Crippen LogP contribution is 2.32. The maximum absolute atomic E-state index is 11.8. The fourth-order valence-corrected chi connectivity index (χ4v) is 2.94. The molecule has 1 N–H and O–H groups in total. The van der Waals surface area contributed by atoms with Gasteiger partial charge < -0.3 is 9.84 Å². The minimum Gasteiger partial charge on any atom is -0.489 e. The molecule has 1 aliphatic heterocycles. The smallest absolute Gasteiger partial charge is 0.320 e. The number of sulfonamides is 1. The molecule has 0 fully saturated rings. The van der Waals surface area contributed by atoms with E-state index < -0.39 is 21.7 Å². The van der Waals surface area contributed by atoms with Gasteiger partial charge in [-0.25, -0.2) is 8.42 Å². The normalized spacial score (nSPS) is 14.9. The van der Waals surface area contributed by atoms with Crippen molar-refractivity contribution in [3.8, 4) is 5.75 Å². The molecule has 17 heavy (non-hydrogen) atoms. The predicted molar refractivity (Wildman–Crippen MR) is 60.7 cm³/mol. The van der Waals surface area contributed by atoms with Crippen molar-refractivity contribution in [1.29, 1.82) is 0 Å². The average molecular weight is 257 g/mol. The number of hydrogen-bond donors (Lipinski definition) is 1. The predicted octanol–water partition coefficient (Wildman–Crippen LogP) is 0.300. The molecule has 1 aromatic rings. The van der Waals surface area contributed by atoms with Crippen LogP contribution in [0.5, 0.6) is 5.75 Å². The Morgan fingerprint density at radius 2 is 2.12 bits per heavy atom. The van der Waals surface area contributed by atoms with E-state index in [-0.39, 0.29) is 13.2 Å². The van der Waals surface area contributed by atoms with Gasteiger partial charge in [0.25, 0.3) is 0 Å². The molecule has 1 aromatic carbocycles. The lowest BCUT2D eigenvalue weighted by Gasteiger charge is -2.29. The lowest BCUT2D eigenvalue weighted by atomic mass is 10.2. The molecule has 0 aromatic heterocycles. The molecular weight excluding hydrogens is 246 g/mol. The number of benzene rings is 1. The van der Waals surface area contributed by atoms with Crippen LogP contribution in [0.15, 0.2) is 24.3 Å². The second kappa shape index (κ2) is 4.25. The SMILES string of the molecule is O=C(O)CS(=O)(=O)N1CCOc2ccccc21. The Kier molecular flexibility index (Phi) is 2.93. The van der Waals surface area contributed by atoms with E-state index in [1.54, 1.807) is 24.3 Å². The van der Waals surface area contributed by atoms with Gasteiger partial charge in [-0.15, -0.1) is 0 Å². The molecule has 1 aliphatic rings. The molecule has 2 rings (SSSR count). The third-order valence-corrected chi connectivity index (χ3v) is 3.99. The average Bonchev–Trinajstić information content (AvgIpc) is 2.26. The third-order valence-electron chi connectivity index (χ3n) is 2.33. The first kappa shape index (κ1) is 11.7. The molecule has 0 amide bonds. The van der Waals surface area contributed by atoms with E-state index >= 15 is 0 Å². The highest BCUT2D eigenvalue weighted by atomic mass is 32.2. The zero-order chi connectivity index (χ0) is 12.5. The standard InChI is InChI=1S/C10H11NO5S/c12-10(13)7-17(14,15)11-5-6-16-9-4-2-1-3-8(9)11/h1-4H,5-7H2,(H,12,13). The van der Waals surface area contributed by atoms with Gasteiger partial charge in [0.1, 0.15) is 12.4 Å². The van der Waals surface area contributed by atoms with Crippen molar-refractivity contribution >= 4 is 21.7 Å². The van der Waals surface area contributed by atoms with E-state index in [0.717, 1.165) is 4.31 Å². The largest absolute Gasteiger partial charge is 0.489 e. The summed E-state index contributed by atoms with van der Waals surface area (Å²) in [4.78, 5) is 10.5. The van der Waals surface area contributed by atoms with E-state index in [0.29, 0.717) is 11.4 Å². The summed E-state index contributed by atoms with van der Waals surface area (Å²) in [6, 6.07) is 6.65. The third kappa shape index (κ3) is 2.33. The van der Waals surface area contributed by atoms with Gasteiger partial charge in [0.15, 0.2) is 5.75 Å². The molecule has 0 saturated heterocycles. The van der Waals surface area contributed by atoms with E-state index in [2.05, 4.69) is 0 Å². The Bertz CT molecular complexity index is 539. The fraction of sp³-hybridized carbons (Fsp3) is 0.300. The van der Waals surface area contributed by atoms with Crippen LogP contribution in [0.1, 0.15) is 0 Å². The minimum atomic E-state index is -3.84. The maximum atomic E-state index is 11.8. The number of hydrogen-bond acceptors (Lipinski definition) is 4. The van der Waals surface area contributed by atoms with Crippen molar-refractivity contribution in [2.75, 3.05) is 23.2 Å². The summed E-state index contributed by atoms with van der Waals surface area (Å²) >= 11 is 0. The van der Waals surface area contributed by atoms with Crippen molar-refractivity contribution in [3.63, 3.8) is 0 Å². The van der Waals surface area contributed by atoms with Gasteiger partial charge in [0.05, 0.1) is 12.2 Å². The van der Waals surface area contributed by atoms with Crippen LogP contribution in [-0.4, -0.2) is 38.4 Å². The van der Waals surface area contributed by atoms with E-state index in [1.165, 1.54) is 0 Å². The van der Waals surface area contributed by atoms with E-state index in [9.17, 15) is 13.2 Å². The number of carboxylic acids is 1. The molecule has 0 spiro atoms. The lowest BCUT2D eigenvalue weighted by molar-refractivity contribution is -0.134. The Morgan fingerprint density at radius 1 is 1.41 bits per heavy atom. The first-order valence-electron chi connectivity index (χ1n) is 4.95. The number of carbonyl (C=O) groups is 1. The zero-order valence-electron chi connectivity index (χ0n) is 8.87. The Balaban J connectivity index is 2.39. The number of ether oxygens (including phenoxy) is 1. The maximum Gasteiger partial charge on any atom is 0.320 e. The van der Waals surface area contributed by atoms with Crippen LogP contribution in [0.3, 0.4) is 0 Å². The summed E-state index contributed by atoms with van der Waals surface area (Å²) < 4.78 is 30.1. The molecule has 0 saturated carbocycles. The van der Waals surface area contributed by atoms with Gasteiger partial charge in [-0.2, -0.15) is 0 Å². The molecule has 0 unspecified atom stereocenters. The van der Waals surface area contributed by atoms with Crippen molar-refractivity contribution in [3.05, 3.63) is 24.3 Å². The van der Waals surface area contributed by atoms with Crippen LogP contribution in [0.4, 0.5) is 5.69 Å². The van der Waals surface area contributed by atoms with Gasteiger partial charge in [-0.05, 0) is 12.1 Å². The number of rotatable bonds is 3. The molecular formula is C10H11NO5S. The van der Waals surface area contributed by atoms with Crippen molar-refractivity contribution in [2.24, 2.45) is 0 Å². The second-order valence-corrected chi connectivity index (χ2v) is 5.43. The highest BCUT2D eigenvalue weighted by Gasteiger charge is 2.29. The van der Waals surface area contributed by atoms with Gasteiger partial charge >= 0.3 is 5.97 Å². The van der Waals surface area contributed by atoms with Crippen LogP contribution in [-0.2, 0) is 14.8 Å². The molecule has 0 atom stereocenters. The summed E-state index contributed by atoms with van der Waals surface area (Å²) in [7, 11) is -3.84. The van der Waals surface area contributed by atoms with E-state index in [4.69, 9.17) is 9.84 Å². The monoisotopic (exact) mass is 257 g/mol. The number of nitrogens with zero attached hydrogens (tertiary/aromatic N) is 1. The highest BCUT2D eigenvalue weighted by molar-refractivity contribution is 7.93. The molecule has 1 heterocycles. The second-order valence-electron chi connectivity index (χ2n) is 3.54. The first-order chi connectivity index (χ1) is 8.00. The van der Waals surface area contributed by atoms with Gasteiger partial charge in [0, 0.05) is 0 Å². The van der Waals surface area contributed by atoms with Crippen molar-refractivity contribution < 1.29 is 23.1 Å². The van der Waals surface area contributed by atoms with Crippen LogP contribution < -0.4 is 9.04 Å². The van der Waals surface area contributed by atoms with Crippen molar-refractivity contribution in [2.45, 2.75) is 0 Å². The topological polar surface area (TPSA) is 83.9 Å². The van der Waals surface area contributed by atoms with E-state index in [1.807, 2.05) is 0 Å². The Labute approximate surface area is 98.5 Å². The van der Waals surface area contributed by atoms with Gasteiger partial charge in [0.2, 0.25) is 10.0 Å². The summed E-state index contributed by atoms with van der Waals surface area (Å²) in [5, 5.41) is 8.59. The molecule has 0 aliphatic carbocycles. The summed E-state index contributed by atoms with van der Waals surface area (Å²) in [6.07, 6.45) is 0. The quantitative estimate of drug-likeness (QED) is 0.842. The molecule has 0 bridgehead atoms. The lowest BCUT2D eigenvalue weighted by Crippen LogP contribution is -2.40. The summed E-state index contributed by atoms with van der Waals surface area (Å²) in [6.45, 7) is 0.350. The Hall–Kier alpha value is -1.76. The van der Waals surface area contributed by atoms with Gasteiger partial charge in [-0.1, -0.05) is 12.1 Å². The number of para-hydroxylation sites is 2. The number of carboxylic acid groups (broad SMARTS) is 1. The molecule has 7 heteroatoms. The van der Waals surface area contributed by atoms with Crippen LogP contribution >= 0.6 is 0 Å². The summed E-state index contributed by atoms with van der Waals surface area (Å²) in [5.74, 6) is -1.83. The van der Waals surface area contributed by atoms with Crippen LogP contribution in [0.25, 0.3) is 0 Å². The molecule has 92 valence electrons. The number of aliphatic carboxylic acids is 1. The zero-order valence-corrected chi connectivity index (χ0v) is 9.68. The van der Waals surface area contributed by atoms with Crippen LogP contribution in [0.2, 0.25) is 0 Å². The van der Waals surface area contributed by atoms with Crippen molar-refractivity contribution in [1.82, 2.24) is 0 Å². The Morgan fingerprint density at radius 3 is 2.82 bits per heavy atom.